The Morgan fingerprint density at radius 2 is 1.85 bits per heavy atom. The standard InChI is InChI=1S/C19H24FN5O/c1-3-21-19-22-14(2)12-17(23-19)24-8-10-25(11-9-24)18(26)13-15-4-6-16(20)7-5-15/h4-7,12H,3,8-11,13H2,1-2H3,(H,21,22,23). The number of aryl methyl sites for hydroxylation is 1. The lowest BCUT2D eigenvalue weighted by Gasteiger charge is -2.35. The summed E-state index contributed by atoms with van der Waals surface area (Å²) in [6.45, 7) is 7.51. The summed E-state index contributed by atoms with van der Waals surface area (Å²) in [5.41, 5.74) is 1.75. The topological polar surface area (TPSA) is 61.4 Å². The van der Waals surface area contributed by atoms with Gasteiger partial charge in [-0.1, -0.05) is 12.1 Å². The average molecular weight is 357 g/mol. The molecule has 2 aromatic rings. The average Bonchev–Trinajstić information content (AvgIpc) is 2.63. The zero-order valence-electron chi connectivity index (χ0n) is 15.2. The second kappa shape index (κ2) is 8.12. The van der Waals surface area contributed by atoms with Crippen molar-refractivity contribution in [2.45, 2.75) is 20.3 Å². The number of halogens is 1. The minimum absolute atomic E-state index is 0.0727. The molecule has 1 N–H and O–H groups in total. The molecule has 1 aromatic heterocycles. The third-order valence-corrected chi connectivity index (χ3v) is 4.40. The van der Waals surface area contributed by atoms with E-state index in [1.807, 2.05) is 24.8 Å². The van der Waals surface area contributed by atoms with Crippen molar-refractivity contribution in [1.29, 1.82) is 0 Å². The number of amides is 1. The van der Waals surface area contributed by atoms with Gasteiger partial charge >= 0.3 is 0 Å². The number of benzene rings is 1. The fourth-order valence-electron chi connectivity index (χ4n) is 3.02. The van der Waals surface area contributed by atoms with Crippen LogP contribution >= 0.6 is 0 Å². The first-order valence-electron chi connectivity index (χ1n) is 8.92. The second-order valence-electron chi connectivity index (χ2n) is 6.39. The fraction of sp³-hybridized carbons (Fsp3) is 0.421. The van der Waals surface area contributed by atoms with E-state index in [1.54, 1.807) is 12.1 Å². The Balaban J connectivity index is 1.58. The lowest BCUT2D eigenvalue weighted by Crippen LogP contribution is -2.49. The minimum atomic E-state index is -0.285. The zero-order chi connectivity index (χ0) is 18.5. The predicted octanol–water partition coefficient (Wildman–Crippen LogP) is 2.25. The predicted molar refractivity (Wildman–Crippen MR) is 99.8 cm³/mol. The molecule has 1 aromatic carbocycles. The summed E-state index contributed by atoms with van der Waals surface area (Å²) < 4.78 is 13.0. The van der Waals surface area contributed by atoms with Crippen LogP contribution in [0.1, 0.15) is 18.2 Å². The van der Waals surface area contributed by atoms with Gasteiger partial charge in [0.25, 0.3) is 0 Å². The molecule has 0 bridgehead atoms. The molecule has 0 atom stereocenters. The smallest absolute Gasteiger partial charge is 0.227 e. The molecule has 7 heteroatoms. The van der Waals surface area contributed by atoms with Gasteiger partial charge in [-0.2, -0.15) is 4.98 Å². The molecule has 0 unspecified atom stereocenters. The minimum Gasteiger partial charge on any atom is -0.354 e. The second-order valence-corrected chi connectivity index (χ2v) is 6.39. The molecule has 1 fully saturated rings. The molecule has 1 aliphatic heterocycles. The van der Waals surface area contributed by atoms with Crippen LogP contribution in [0.3, 0.4) is 0 Å². The van der Waals surface area contributed by atoms with E-state index in [2.05, 4.69) is 20.2 Å². The van der Waals surface area contributed by atoms with Crippen molar-refractivity contribution in [1.82, 2.24) is 14.9 Å². The van der Waals surface area contributed by atoms with Crippen molar-refractivity contribution in [2.75, 3.05) is 42.9 Å². The lowest BCUT2D eigenvalue weighted by atomic mass is 10.1. The van der Waals surface area contributed by atoms with Gasteiger partial charge in [0, 0.05) is 44.5 Å². The number of anilines is 2. The maximum atomic E-state index is 13.0. The van der Waals surface area contributed by atoms with Crippen molar-refractivity contribution >= 4 is 17.7 Å². The summed E-state index contributed by atoms with van der Waals surface area (Å²) in [5, 5.41) is 3.15. The van der Waals surface area contributed by atoms with Crippen molar-refractivity contribution in [2.24, 2.45) is 0 Å². The van der Waals surface area contributed by atoms with Crippen LogP contribution in [-0.2, 0) is 11.2 Å². The highest BCUT2D eigenvalue weighted by Gasteiger charge is 2.22. The Morgan fingerprint density at radius 1 is 1.15 bits per heavy atom. The van der Waals surface area contributed by atoms with Crippen LogP contribution in [0.15, 0.2) is 30.3 Å². The van der Waals surface area contributed by atoms with Crippen molar-refractivity contribution in [3.8, 4) is 0 Å². The quantitative estimate of drug-likeness (QED) is 0.889. The van der Waals surface area contributed by atoms with E-state index in [0.717, 1.165) is 36.7 Å². The van der Waals surface area contributed by atoms with E-state index in [1.165, 1.54) is 12.1 Å². The molecular weight excluding hydrogens is 333 g/mol. The third-order valence-electron chi connectivity index (χ3n) is 4.40. The zero-order valence-corrected chi connectivity index (χ0v) is 15.2. The molecule has 2 heterocycles. The Kier molecular flexibility index (Phi) is 5.65. The number of nitrogens with one attached hydrogen (secondary N) is 1. The molecule has 1 saturated heterocycles. The third kappa shape index (κ3) is 4.47. The molecule has 1 aliphatic rings. The van der Waals surface area contributed by atoms with E-state index in [0.29, 0.717) is 25.5 Å². The molecule has 0 spiro atoms. The number of piperazine rings is 1. The summed E-state index contributed by atoms with van der Waals surface area (Å²) in [6, 6.07) is 8.07. The van der Waals surface area contributed by atoms with Gasteiger partial charge in [0.05, 0.1) is 6.42 Å². The Morgan fingerprint density at radius 3 is 2.50 bits per heavy atom. The Bertz CT molecular complexity index is 757. The van der Waals surface area contributed by atoms with Gasteiger partial charge in [0.15, 0.2) is 0 Å². The summed E-state index contributed by atoms with van der Waals surface area (Å²) in [4.78, 5) is 25.4. The van der Waals surface area contributed by atoms with E-state index >= 15 is 0 Å². The Labute approximate surface area is 153 Å². The number of carbonyl (C=O) groups is 1. The van der Waals surface area contributed by atoms with Crippen LogP contribution in [0.5, 0.6) is 0 Å². The SMILES string of the molecule is CCNc1nc(C)cc(N2CCN(C(=O)Cc3ccc(F)cc3)CC2)n1. The first-order chi connectivity index (χ1) is 12.5. The van der Waals surface area contributed by atoms with Gasteiger partial charge in [0.1, 0.15) is 11.6 Å². The number of aromatic nitrogens is 2. The molecule has 0 aliphatic carbocycles. The highest BCUT2D eigenvalue weighted by atomic mass is 19.1. The van der Waals surface area contributed by atoms with Crippen LogP contribution in [0.25, 0.3) is 0 Å². The van der Waals surface area contributed by atoms with Crippen LogP contribution < -0.4 is 10.2 Å². The van der Waals surface area contributed by atoms with Gasteiger partial charge in [-0.25, -0.2) is 9.37 Å². The first kappa shape index (κ1) is 18.1. The van der Waals surface area contributed by atoms with E-state index in [-0.39, 0.29) is 11.7 Å². The molecule has 0 radical (unpaired) electrons. The van der Waals surface area contributed by atoms with Gasteiger partial charge < -0.3 is 15.1 Å². The number of hydrogen-bond acceptors (Lipinski definition) is 5. The fourth-order valence-corrected chi connectivity index (χ4v) is 3.02. The summed E-state index contributed by atoms with van der Waals surface area (Å²) >= 11 is 0. The molecular formula is C19H24FN5O. The number of nitrogens with zero attached hydrogens (tertiary/aromatic N) is 4. The van der Waals surface area contributed by atoms with Crippen LogP contribution in [0.4, 0.5) is 16.2 Å². The van der Waals surface area contributed by atoms with E-state index < -0.39 is 0 Å². The van der Waals surface area contributed by atoms with Gasteiger partial charge in [-0.15, -0.1) is 0 Å². The number of rotatable bonds is 5. The highest BCUT2D eigenvalue weighted by Crippen LogP contribution is 2.17. The highest BCUT2D eigenvalue weighted by molar-refractivity contribution is 5.79. The van der Waals surface area contributed by atoms with Crippen molar-refractivity contribution in [3.05, 3.63) is 47.4 Å². The van der Waals surface area contributed by atoms with Gasteiger partial charge in [-0.05, 0) is 31.5 Å². The van der Waals surface area contributed by atoms with Crippen LogP contribution in [0, 0.1) is 12.7 Å². The largest absolute Gasteiger partial charge is 0.354 e. The van der Waals surface area contributed by atoms with E-state index in [4.69, 9.17) is 0 Å². The normalized spacial score (nSPS) is 14.4. The van der Waals surface area contributed by atoms with E-state index in [9.17, 15) is 9.18 Å². The number of carbonyl (C=O) groups excluding carboxylic acids is 1. The monoisotopic (exact) mass is 357 g/mol. The molecule has 6 nitrogen and oxygen atoms in total. The maximum Gasteiger partial charge on any atom is 0.227 e. The number of hydrogen-bond donors (Lipinski definition) is 1. The molecule has 0 saturated carbocycles. The lowest BCUT2D eigenvalue weighted by molar-refractivity contribution is -0.130. The summed E-state index contributed by atoms with van der Waals surface area (Å²) in [6.07, 6.45) is 0.303. The molecule has 138 valence electrons. The van der Waals surface area contributed by atoms with Gasteiger partial charge in [0.2, 0.25) is 11.9 Å². The maximum absolute atomic E-state index is 13.0. The van der Waals surface area contributed by atoms with Gasteiger partial charge in [-0.3, -0.25) is 4.79 Å². The molecule has 1 amide bonds. The van der Waals surface area contributed by atoms with Crippen LogP contribution in [0.2, 0.25) is 0 Å². The van der Waals surface area contributed by atoms with Crippen molar-refractivity contribution < 1.29 is 9.18 Å². The molecule has 26 heavy (non-hydrogen) atoms. The van der Waals surface area contributed by atoms with Crippen LogP contribution in [-0.4, -0.2) is 53.5 Å². The van der Waals surface area contributed by atoms with Crippen molar-refractivity contribution in [3.63, 3.8) is 0 Å². The summed E-state index contributed by atoms with van der Waals surface area (Å²) in [7, 11) is 0. The molecule has 3 rings (SSSR count). The first-order valence-corrected chi connectivity index (χ1v) is 8.92. The Hall–Kier alpha value is -2.70. The summed E-state index contributed by atoms with van der Waals surface area (Å²) in [5.74, 6) is 1.31.